The summed E-state index contributed by atoms with van der Waals surface area (Å²) in [5, 5.41) is 11.2. The van der Waals surface area contributed by atoms with Gasteiger partial charge in [-0.2, -0.15) is 0 Å². The second-order valence-electron chi connectivity index (χ2n) is 13.8. The Morgan fingerprint density at radius 2 is 1.23 bits per heavy atom. The first-order valence-electron chi connectivity index (χ1n) is 19.4. The molecule has 0 radical (unpaired) electrons. The van der Waals surface area contributed by atoms with Gasteiger partial charge in [0.25, 0.3) is 5.91 Å². The third-order valence-electron chi connectivity index (χ3n) is 10.1. The van der Waals surface area contributed by atoms with E-state index in [0.717, 1.165) is 66.6 Å². The topological polar surface area (TPSA) is 127 Å². The number of anilines is 1. The maximum absolute atomic E-state index is 12.7. The zero-order valence-electron chi connectivity index (χ0n) is 33.3. The molecule has 4 aromatic carbocycles. The predicted molar refractivity (Wildman–Crippen MR) is 220 cm³/mol. The normalized spacial score (nSPS) is 15.7. The summed E-state index contributed by atoms with van der Waals surface area (Å²) in [6.45, 7) is 1.22. The van der Waals surface area contributed by atoms with Gasteiger partial charge in [0.15, 0.2) is 40.6 Å². The first-order valence-corrected chi connectivity index (χ1v) is 19.7. The smallest absolute Gasteiger partial charge is 0.255 e. The number of methoxy groups -OCH3 is 5. The van der Waals surface area contributed by atoms with Crippen LogP contribution in [0.4, 0.5) is 5.69 Å². The zero-order valence-corrected chi connectivity index (χ0v) is 34.0. The van der Waals surface area contributed by atoms with Gasteiger partial charge in [-0.3, -0.25) is 4.79 Å². The van der Waals surface area contributed by atoms with Crippen molar-refractivity contribution < 1.29 is 42.8 Å². The second-order valence-corrected chi connectivity index (χ2v) is 14.3. The summed E-state index contributed by atoms with van der Waals surface area (Å²) in [7, 11) is 8.03. The van der Waals surface area contributed by atoms with Gasteiger partial charge < -0.3 is 48.6 Å². The molecule has 12 nitrogen and oxygen atoms in total. The molecule has 2 heterocycles. The molecule has 0 saturated carbocycles. The van der Waals surface area contributed by atoms with Crippen molar-refractivity contribution in [2.24, 2.45) is 5.16 Å². The number of hydrogen-bond acceptors (Lipinski definition) is 11. The number of amides is 1. The van der Waals surface area contributed by atoms with Crippen LogP contribution in [0.5, 0.6) is 40.2 Å². The van der Waals surface area contributed by atoms with Crippen molar-refractivity contribution in [2.45, 2.75) is 70.1 Å². The van der Waals surface area contributed by atoms with Crippen LogP contribution in [0, 0.1) is 0 Å². The molecule has 2 N–H and O–H groups in total. The van der Waals surface area contributed by atoms with E-state index < -0.39 is 6.17 Å². The molecule has 4 aromatic rings. The third-order valence-corrected chi connectivity index (χ3v) is 10.3. The fourth-order valence-corrected chi connectivity index (χ4v) is 7.16. The molecule has 0 aliphatic carbocycles. The highest BCUT2D eigenvalue weighted by molar-refractivity contribution is 6.31. The number of benzene rings is 4. The minimum absolute atomic E-state index is 0.180. The van der Waals surface area contributed by atoms with Crippen molar-refractivity contribution in [1.29, 1.82) is 0 Å². The minimum Gasteiger partial charge on any atom is -0.493 e. The fraction of sp³-hybridized carbons (Fsp3) is 0.409. The van der Waals surface area contributed by atoms with E-state index in [-0.39, 0.29) is 12.0 Å². The predicted octanol–water partition coefficient (Wildman–Crippen LogP) is 9.68. The number of nitrogens with one attached hydrogen (secondary N) is 2. The van der Waals surface area contributed by atoms with Crippen LogP contribution in [-0.2, 0) is 4.84 Å². The lowest BCUT2D eigenvalue weighted by Gasteiger charge is -2.28. The summed E-state index contributed by atoms with van der Waals surface area (Å²) in [5.74, 6) is 4.17. The molecule has 304 valence electrons. The van der Waals surface area contributed by atoms with Gasteiger partial charge in [-0.1, -0.05) is 67.4 Å². The third kappa shape index (κ3) is 10.3. The SMILES string of the molecule is COc1cc(C2NC(=O)c3cc(Cl)ccc3N2)ccc1OCCCCCCCCCCOc1cc(C2CC(c3cc(OC)c(OC)c(OC)c3)=NO2)ccc1OC. The fourth-order valence-electron chi connectivity index (χ4n) is 6.99. The van der Waals surface area contributed by atoms with Gasteiger partial charge in [0.1, 0.15) is 6.17 Å². The lowest BCUT2D eigenvalue weighted by Crippen LogP contribution is -2.38. The second kappa shape index (κ2) is 20.1. The summed E-state index contributed by atoms with van der Waals surface area (Å²) < 4.78 is 40.0. The molecule has 0 spiro atoms. The lowest BCUT2D eigenvalue weighted by molar-refractivity contribution is 0.0854. The van der Waals surface area contributed by atoms with E-state index in [4.69, 9.17) is 49.6 Å². The molecule has 6 rings (SSSR count). The maximum Gasteiger partial charge on any atom is 0.255 e. The molecular weight excluding hydrogens is 750 g/mol. The molecule has 0 bridgehead atoms. The minimum atomic E-state index is -0.394. The zero-order chi connectivity index (χ0) is 40.1. The number of ether oxygens (including phenoxy) is 7. The Bertz CT molecular complexity index is 2000. The lowest BCUT2D eigenvalue weighted by atomic mass is 9.99. The quantitative estimate of drug-likeness (QED) is 0.0787. The van der Waals surface area contributed by atoms with Crippen LogP contribution < -0.4 is 43.8 Å². The van der Waals surface area contributed by atoms with Crippen molar-refractivity contribution in [3.63, 3.8) is 0 Å². The molecule has 13 heteroatoms. The van der Waals surface area contributed by atoms with E-state index >= 15 is 0 Å². The first kappa shape index (κ1) is 41.2. The first-order chi connectivity index (χ1) is 27.8. The van der Waals surface area contributed by atoms with E-state index in [1.54, 1.807) is 47.7 Å². The number of fused-ring (bicyclic) bond motifs is 1. The van der Waals surface area contributed by atoms with Gasteiger partial charge in [0.2, 0.25) is 5.75 Å². The summed E-state index contributed by atoms with van der Waals surface area (Å²) in [6, 6.07) is 20.6. The molecule has 0 aromatic heterocycles. The number of halogens is 1. The standard InChI is InChI=1S/C44H52ClN3O9/c1-50-35-18-14-28(37-27-34(48-57-37)30-24-40(52-3)42(54-5)41(25-30)53-4)22-39(35)56-21-13-11-9-7-6-8-10-12-20-55-36-19-15-29(23-38(36)51-2)43-46-33-17-16-31(45)26-32(33)44(49)47-43/h14-19,22-26,37,43,46H,6-13,20-21,27H2,1-5H3,(H,47,49). The molecule has 0 fully saturated rings. The molecular formula is C44H52ClN3O9. The van der Waals surface area contributed by atoms with Crippen LogP contribution >= 0.6 is 11.6 Å². The Labute approximate surface area is 339 Å². The van der Waals surface area contributed by atoms with Crippen LogP contribution in [0.2, 0.25) is 5.02 Å². The van der Waals surface area contributed by atoms with E-state index in [1.807, 2.05) is 54.6 Å². The van der Waals surface area contributed by atoms with Crippen LogP contribution in [0.1, 0.15) is 97.1 Å². The molecule has 57 heavy (non-hydrogen) atoms. The number of hydrogen-bond donors (Lipinski definition) is 2. The Kier molecular flexibility index (Phi) is 14.5. The molecule has 2 aliphatic rings. The van der Waals surface area contributed by atoms with Crippen LogP contribution in [0.3, 0.4) is 0 Å². The van der Waals surface area contributed by atoms with Crippen molar-refractivity contribution in [1.82, 2.24) is 5.32 Å². The molecule has 0 saturated heterocycles. The van der Waals surface area contributed by atoms with Gasteiger partial charge in [-0.25, -0.2) is 0 Å². The Hall–Kier alpha value is -5.49. The van der Waals surface area contributed by atoms with Crippen LogP contribution in [0.15, 0.2) is 71.9 Å². The Balaban J connectivity index is 0.860. The number of unbranched alkanes of at least 4 members (excludes halogenated alkanes) is 7. The van der Waals surface area contributed by atoms with E-state index in [2.05, 4.69) is 15.8 Å². The number of carbonyl (C=O) groups is 1. The highest BCUT2D eigenvalue weighted by Gasteiger charge is 2.28. The number of carbonyl (C=O) groups excluding carboxylic acids is 1. The van der Waals surface area contributed by atoms with E-state index in [1.165, 1.54) is 12.8 Å². The highest BCUT2D eigenvalue weighted by atomic mass is 35.5. The Morgan fingerprint density at radius 3 is 1.88 bits per heavy atom. The molecule has 2 atom stereocenters. The molecule has 1 amide bonds. The summed E-state index contributed by atoms with van der Waals surface area (Å²) >= 11 is 6.07. The van der Waals surface area contributed by atoms with E-state index in [0.29, 0.717) is 70.5 Å². The van der Waals surface area contributed by atoms with E-state index in [9.17, 15) is 4.79 Å². The molecule has 2 aliphatic heterocycles. The van der Waals surface area contributed by atoms with Crippen molar-refractivity contribution in [3.8, 4) is 40.2 Å². The van der Waals surface area contributed by atoms with Crippen molar-refractivity contribution >= 4 is 28.9 Å². The molecule has 2 unspecified atom stereocenters. The number of rotatable bonds is 21. The number of nitrogens with zero attached hydrogens (tertiary/aromatic N) is 1. The monoisotopic (exact) mass is 801 g/mol. The summed E-state index contributed by atoms with van der Waals surface area (Å²) in [6.07, 6.45) is 8.73. The van der Waals surface area contributed by atoms with Gasteiger partial charge in [-0.05, 0) is 78.6 Å². The van der Waals surface area contributed by atoms with Gasteiger partial charge in [0.05, 0.1) is 60.0 Å². The summed E-state index contributed by atoms with van der Waals surface area (Å²) in [4.78, 5) is 18.5. The van der Waals surface area contributed by atoms with Crippen molar-refractivity contribution in [3.05, 3.63) is 94.0 Å². The summed E-state index contributed by atoms with van der Waals surface area (Å²) in [5.41, 5.74) is 4.71. The number of oxime groups is 1. The Morgan fingerprint density at radius 1 is 0.632 bits per heavy atom. The average Bonchev–Trinajstić information content (AvgIpc) is 3.74. The largest absolute Gasteiger partial charge is 0.493 e. The van der Waals surface area contributed by atoms with Gasteiger partial charge >= 0.3 is 0 Å². The van der Waals surface area contributed by atoms with Crippen LogP contribution in [0.25, 0.3) is 0 Å². The van der Waals surface area contributed by atoms with Crippen molar-refractivity contribution in [2.75, 3.05) is 54.1 Å². The van der Waals surface area contributed by atoms with Crippen LogP contribution in [-0.4, -0.2) is 60.4 Å². The highest BCUT2D eigenvalue weighted by Crippen LogP contribution is 2.41. The average molecular weight is 802 g/mol. The van der Waals surface area contributed by atoms with Gasteiger partial charge in [0, 0.05) is 22.7 Å². The van der Waals surface area contributed by atoms with Gasteiger partial charge in [-0.15, -0.1) is 0 Å². The maximum atomic E-state index is 12.7.